The van der Waals surface area contributed by atoms with Crippen LogP contribution in [0.4, 0.5) is 5.82 Å². The molecule has 0 atom stereocenters. The summed E-state index contributed by atoms with van der Waals surface area (Å²) in [4.78, 5) is 15.0. The van der Waals surface area contributed by atoms with Crippen molar-refractivity contribution in [2.24, 2.45) is 4.99 Å². The van der Waals surface area contributed by atoms with Crippen LogP contribution >= 0.6 is 0 Å². The molecule has 60 valence electrons. The van der Waals surface area contributed by atoms with E-state index in [1.165, 1.54) is 12.4 Å². The molecule has 0 aliphatic carbocycles. The number of rotatable bonds is 0. The van der Waals surface area contributed by atoms with Crippen molar-refractivity contribution in [2.45, 2.75) is 6.42 Å². The topological polar surface area (TPSA) is 56.4 Å². The number of aliphatic imine (C=N–C) groups is 1. The zero-order chi connectivity index (χ0) is 8.55. The molecule has 2 rings (SSSR count). The van der Waals surface area contributed by atoms with Crippen LogP contribution in [0.5, 0.6) is 0 Å². The lowest BCUT2D eigenvalue weighted by molar-refractivity contribution is -0.591. The van der Waals surface area contributed by atoms with Gasteiger partial charge in [0.05, 0.1) is 12.6 Å². The molecule has 1 aromatic rings. The highest BCUT2D eigenvalue weighted by atomic mass is 16.5. The Bertz CT molecular complexity index is 371. The van der Waals surface area contributed by atoms with Gasteiger partial charge in [-0.05, 0) is 12.1 Å². The van der Waals surface area contributed by atoms with Gasteiger partial charge in [0.25, 0.3) is 0 Å². The maximum atomic E-state index is 11.2. The quantitative estimate of drug-likeness (QED) is 0.414. The van der Waals surface area contributed by atoms with Crippen molar-refractivity contribution in [2.75, 3.05) is 0 Å². The normalized spacial score (nSPS) is 14.5. The molecule has 1 aliphatic rings. The number of pyridine rings is 1. The molecule has 0 amide bonds. The van der Waals surface area contributed by atoms with Crippen LogP contribution in [0.3, 0.4) is 0 Å². The van der Waals surface area contributed by atoms with Gasteiger partial charge in [-0.3, -0.25) is 4.79 Å². The molecule has 0 unspecified atom stereocenters. The zero-order valence-corrected chi connectivity index (χ0v) is 6.23. The van der Waals surface area contributed by atoms with Crippen molar-refractivity contribution in [1.82, 2.24) is 0 Å². The van der Waals surface area contributed by atoms with Crippen LogP contribution in [0.2, 0.25) is 0 Å². The summed E-state index contributed by atoms with van der Waals surface area (Å²) in [5.74, 6) is 0.152. The summed E-state index contributed by atoms with van der Waals surface area (Å²) in [7, 11) is 0. The van der Waals surface area contributed by atoms with Crippen molar-refractivity contribution in [3.63, 3.8) is 0 Å². The second-order valence-electron chi connectivity index (χ2n) is 2.51. The predicted molar refractivity (Wildman–Crippen MR) is 42.5 cm³/mol. The summed E-state index contributed by atoms with van der Waals surface area (Å²) in [5, 5.41) is 11.1. The number of hydrogen-bond donors (Lipinski definition) is 0. The Hall–Kier alpha value is -1.71. The molecule has 2 heterocycles. The van der Waals surface area contributed by atoms with Crippen molar-refractivity contribution in [3.8, 4) is 0 Å². The Morgan fingerprint density at radius 1 is 1.58 bits per heavy atom. The Morgan fingerprint density at radius 3 is 3.17 bits per heavy atom. The van der Waals surface area contributed by atoms with E-state index in [4.69, 9.17) is 0 Å². The van der Waals surface area contributed by atoms with Gasteiger partial charge in [0.15, 0.2) is 5.78 Å². The molecule has 1 aromatic heterocycles. The first-order valence-corrected chi connectivity index (χ1v) is 3.57. The summed E-state index contributed by atoms with van der Waals surface area (Å²) in [6, 6.07) is 3.16. The lowest BCUT2D eigenvalue weighted by Gasteiger charge is -2.07. The molecule has 0 bridgehead atoms. The number of aromatic nitrogens is 1. The molecule has 0 radical (unpaired) electrons. The fourth-order valence-corrected chi connectivity index (χ4v) is 1.15. The standard InChI is InChI=1S/C8H6N2O2/c11-7-3-4-9-8-6(7)2-1-5-10(8)12/h1-2,4-5H,3H2. The van der Waals surface area contributed by atoms with Crippen LogP contribution in [-0.2, 0) is 0 Å². The average molecular weight is 162 g/mol. The lowest BCUT2D eigenvalue weighted by atomic mass is 10.1. The number of carbonyl (C=O) groups excluding carboxylic acids is 1. The molecule has 1 aliphatic heterocycles. The summed E-state index contributed by atoms with van der Waals surface area (Å²) in [5.41, 5.74) is 0.412. The van der Waals surface area contributed by atoms with Crippen LogP contribution < -0.4 is 4.73 Å². The van der Waals surface area contributed by atoms with E-state index in [1.54, 1.807) is 12.1 Å². The second-order valence-corrected chi connectivity index (χ2v) is 2.51. The van der Waals surface area contributed by atoms with Gasteiger partial charge in [-0.15, -0.1) is 0 Å². The van der Waals surface area contributed by atoms with Crippen LogP contribution in [0, 0.1) is 5.21 Å². The average Bonchev–Trinajstić information content (AvgIpc) is 2.07. The Morgan fingerprint density at radius 2 is 2.42 bits per heavy atom. The first-order chi connectivity index (χ1) is 5.79. The van der Waals surface area contributed by atoms with Gasteiger partial charge in [-0.2, -0.15) is 0 Å². The molecule has 12 heavy (non-hydrogen) atoms. The van der Waals surface area contributed by atoms with Crippen molar-refractivity contribution < 1.29 is 9.52 Å². The highest BCUT2D eigenvalue weighted by molar-refractivity contribution is 6.08. The highest BCUT2D eigenvalue weighted by Gasteiger charge is 2.21. The molecule has 0 fully saturated rings. The number of ketones is 1. The van der Waals surface area contributed by atoms with Crippen LogP contribution in [0.25, 0.3) is 0 Å². The molecule has 0 N–H and O–H groups in total. The van der Waals surface area contributed by atoms with E-state index in [0.29, 0.717) is 10.3 Å². The first kappa shape index (κ1) is 6.97. The smallest absolute Gasteiger partial charge is 0.336 e. The van der Waals surface area contributed by atoms with Gasteiger partial charge in [-0.1, -0.05) is 4.99 Å². The molecule has 4 heteroatoms. The third-order valence-electron chi connectivity index (χ3n) is 1.72. The van der Waals surface area contributed by atoms with E-state index in [2.05, 4.69) is 4.99 Å². The summed E-state index contributed by atoms with van der Waals surface area (Å²) >= 11 is 0. The number of fused-ring (bicyclic) bond motifs is 1. The SMILES string of the molecule is O=C1CC=Nc2c1ccc[n+]2[O-]. The summed E-state index contributed by atoms with van der Waals surface area (Å²) in [6.45, 7) is 0. The van der Waals surface area contributed by atoms with Crippen molar-refractivity contribution in [3.05, 3.63) is 29.1 Å². The summed E-state index contributed by atoms with van der Waals surface area (Å²) in [6.07, 6.45) is 3.07. The van der Waals surface area contributed by atoms with Gasteiger partial charge in [0, 0.05) is 0 Å². The van der Waals surface area contributed by atoms with Crippen molar-refractivity contribution in [1.29, 1.82) is 0 Å². The molecule has 4 nitrogen and oxygen atoms in total. The highest BCUT2D eigenvalue weighted by Crippen LogP contribution is 2.18. The Labute approximate surface area is 68.8 Å². The van der Waals surface area contributed by atoms with E-state index >= 15 is 0 Å². The van der Waals surface area contributed by atoms with E-state index in [9.17, 15) is 10.0 Å². The van der Waals surface area contributed by atoms with Crippen LogP contribution in [0.15, 0.2) is 23.3 Å². The minimum atomic E-state index is -0.0507. The molecule has 0 spiro atoms. The fourth-order valence-electron chi connectivity index (χ4n) is 1.15. The maximum Gasteiger partial charge on any atom is 0.336 e. The van der Waals surface area contributed by atoms with E-state index in [0.717, 1.165) is 0 Å². The Kier molecular flexibility index (Phi) is 1.40. The molecule has 0 saturated carbocycles. The first-order valence-electron chi connectivity index (χ1n) is 3.57. The Balaban J connectivity index is 2.69. The van der Waals surface area contributed by atoms with Gasteiger partial charge in [0.2, 0.25) is 0 Å². The third-order valence-corrected chi connectivity index (χ3v) is 1.72. The maximum absolute atomic E-state index is 11.2. The minimum Gasteiger partial charge on any atom is -0.710 e. The zero-order valence-electron chi connectivity index (χ0n) is 6.23. The van der Waals surface area contributed by atoms with E-state index in [-0.39, 0.29) is 18.0 Å². The predicted octanol–water partition coefficient (Wildman–Crippen LogP) is 0.609. The van der Waals surface area contributed by atoms with Crippen LogP contribution in [-0.4, -0.2) is 12.0 Å². The van der Waals surface area contributed by atoms with Crippen LogP contribution in [0.1, 0.15) is 16.8 Å². The van der Waals surface area contributed by atoms with Crippen molar-refractivity contribution >= 4 is 17.8 Å². The molecule has 0 aromatic carbocycles. The summed E-state index contributed by atoms with van der Waals surface area (Å²) < 4.78 is 0.600. The molecular formula is C8H6N2O2. The third kappa shape index (κ3) is 0.887. The monoisotopic (exact) mass is 162 g/mol. The number of carbonyl (C=O) groups is 1. The van der Waals surface area contributed by atoms with Gasteiger partial charge < -0.3 is 5.21 Å². The van der Waals surface area contributed by atoms with Gasteiger partial charge in [-0.25, -0.2) is 4.73 Å². The number of Topliss-reactive ketones (excluding diaryl/α,β-unsaturated/α-hetero) is 1. The van der Waals surface area contributed by atoms with E-state index in [1.807, 2.05) is 0 Å². The lowest BCUT2D eigenvalue weighted by Crippen LogP contribution is -2.28. The largest absolute Gasteiger partial charge is 0.710 e. The second kappa shape index (κ2) is 2.41. The molecule has 0 saturated heterocycles. The van der Waals surface area contributed by atoms with Gasteiger partial charge >= 0.3 is 5.82 Å². The fraction of sp³-hybridized carbons (Fsp3) is 0.125. The van der Waals surface area contributed by atoms with Gasteiger partial charge in [0.1, 0.15) is 11.8 Å². The minimum absolute atomic E-state index is 0.0507. The number of nitrogens with zero attached hydrogens (tertiary/aromatic N) is 2. The van der Waals surface area contributed by atoms with E-state index < -0.39 is 0 Å². The number of hydrogen-bond acceptors (Lipinski definition) is 3. The molecular weight excluding hydrogens is 156 g/mol.